The predicted octanol–water partition coefficient (Wildman–Crippen LogP) is 3.74. The van der Waals surface area contributed by atoms with Gasteiger partial charge in [-0.05, 0) is 73.5 Å². The third-order valence-electron chi connectivity index (χ3n) is 5.55. The summed E-state index contributed by atoms with van der Waals surface area (Å²) >= 11 is 1.03. The van der Waals surface area contributed by atoms with Crippen LogP contribution in [0.5, 0.6) is 0 Å². The van der Waals surface area contributed by atoms with E-state index in [1.54, 1.807) is 35.5 Å². The van der Waals surface area contributed by atoms with Crippen molar-refractivity contribution < 1.29 is 13.2 Å². The van der Waals surface area contributed by atoms with Crippen LogP contribution in [0, 0.1) is 12.8 Å². The number of hydrogen-bond donors (Lipinski definition) is 1. The van der Waals surface area contributed by atoms with Crippen LogP contribution in [0.1, 0.15) is 33.8 Å². The van der Waals surface area contributed by atoms with Crippen molar-refractivity contribution in [3.63, 3.8) is 0 Å². The van der Waals surface area contributed by atoms with Gasteiger partial charge in [-0.2, -0.15) is 4.31 Å². The number of sulfonamides is 1. The van der Waals surface area contributed by atoms with Crippen molar-refractivity contribution in [1.29, 1.82) is 0 Å². The minimum Gasteiger partial charge on any atom is -0.321 e. The predicted molar refractivity (Wildman–Crippen MR) is 121 cm³/mol. The first-order valence-corrected chi connectivity index (χ1v) is 12.4. The van der Waals surface area contributed by atoms with Gasteiger partial charge >= 0.3 is 0 Å². The molecule has 1 amide bonds. The molecule has 31 heavy (non-hydrogen) atoms. The van der Waals surface area contributed by atoms with Crippen molar-refractivity contribution in [2.24, 2.45) is 5.92 Å². The molecular weight excluding hydrogens is 432 g/mol. The number of nitrogens with one attached hydrogen (secondary N) is 1. The molecule has 7 nitrogen and oxygen atoms in total. The standard InChI is InChI=1S/C22H24N4O3S2/c1-16-21(30-25-24-16)22(27)23-19-7-9-20(10-8-19)31(28,29)26-13-11-18(12-14-26)15-17-5-3-2-4-6-17/h2-10,18H,11-15H2,1H3,(H,23,27). The van der Waals surface area contributed by atoms with E-state index in [2.05, 4.69) is 27.0 Å². The molecule has 0 unspecified atom stereocenters. The minimum atomic E-state index is -3.55. The lowest BCUT2D eigenvalue weighted by Gasteiger charge is -2.31. The van der Waals surface area contributed by atoms with E-state index < -0.39 is 10.0 Å². The van der Waals surface area contributed by atoms with Gasteiger partial charge in [0.25, 0.3) is 5.91 Å². The highest BCUT2D eigenvalue weighted by Crippen LogP contribution is 2.27. The van der Waals surface area contributed by atoms with Crippen molar-refractivity contribution in [3.8, 4) is 0 Å². The van der Waals surface area contributed by atoms with E-state index in [0.717, 1.165) is 30.8 Å². The number of carbonyl (C=O) groups excluding carboxylic acids is 1. The number of aryl methyl sites for hydroxylation is 1. The van der Waals surface area contributed by atoms with E-state index >= 15 is 0 Å². The summed E-state index contributed by atoms with van der Waals surface area (Å²) < 4.78 is 31.4. The average molecular weight is 457 g/mol. The molecule has 0 atom stereocenters. The quantitative estimate of drug-likeness (QED) is 0.610. The molecule has 0 spiro atoms. The highest BCUT2D eigenvalue weighted by Gasteiger charge is 2.29. The zero-order valence-corrected chi connectivity index (χ0v) is 18.8. The number of benzene rings is 2. The Labute approximate surface area is 186 Å². The molecule has 1 aromatic heterocycles. The maximum absolute atomic E-state index is 13.0. The van der Waals surface area contributed by atoms with Crippen LogP contribution in [-0.2, 0) is 16.4 Å². The topological polar surface area (TPSA) is 92.3 Å². The summed E-state index contributed by atoms with van der Waals surface area (Å²) in [7, 11) is -3.55. The smallest absolute Gasteiger partial charge is 0.269 e. The fourth-order valence-corrected chi connectivity index (χ4v) is 5.81. The Hall–Kier alpha value is -2.62. The van der Waals surface area contributed by atoms with Gasteiger partial charge in [-0.3, -0.25) is 4.79 Å². The van der Waals surface area contributed by atoms with Gasteiger partial charge in [0.1, 0.15) is 4.88 Å². The number of aromatic nitrogens is 2. The maximum atomic E-state index is 13.0. The monoisotopic (exact) mass is 456 g/mol. The summed E-state index contributed by atoms with van der Waals surface area (Å²) in [6.07, 6.45) is 2.69. The molecule has 2 heterocycles. The SMILES string of the molecule is Cc1nnsc1C(=O)Nc1ccc(S(=O)(=O)N2CCC(Cc3ccccc3)CC2)cc1. The Morgan fingerprint density at radius 2 is 1.77 bits per heavy atom. The van der Waals surface area contributed by atoms with E-state index in [1.165, 1.54) is 5.56 Å². The first kappa shape index (κ1) is 21.6. The normalized spacial score (nSPS) is 15.6. The molecular formula is C22H24N4O3S2. The van der Waals surface area contributed by atoms with Crippen LogP contribution in [0.25, 0.3) is 0 Å². The number of anilines is 1. The van der Waals surface area contributed by atoms with Crippen LogP contribution >= 0.6 is 11.5 Å². The number of piperidine rings is 1. The Kier molecular flexibility index (Phi) is 6.45. The van der Waals surface area contributed by atoms with Gasteiger partial charge in [0.2, 0.25) is 10.0 Å². The Morgan fingerprint density at radius 3 is 2.39 bits per heavy atom. The lowest BCUT2D eigenvalue weighted by Crippen LogP contribution is -2.38. The molecule has 0 aliphatic carbocycles. The first-order chi connectivity index (χ1) is 14.9. The first-order valence-electron chi connectivity index (χ1n) is 10.2. The van der Waals surface area contributed by atoms with Crippen molar-refractivity contribution in [3.05, 3.63) is 70.7 Å². The second kappa shape index (κ2) is 9.25. The van der Waals surface area contributed by atoms with Crippen LogP contribution < -0.4 is 5.32 Å². The van der Waals surface area contributed by atoms with Crippen molar-refractivity contribution in [2.75, 3.05) is 18.4 Å². The highest BCUT2D eigenvalue weighted by molar-refractivity contribution is 7.89. The fraction of sp³-hybridized carbons (Fsp3) is 0.318. The number of amides is 1. The van der Waals surface area contributed by atoms with E-state index in [0.29, 0.717) is 35.3 Å². The molecule has 9 heteroatoms. The van der Waals surface area contributed by atoms with E-state index in [9.17, 15) is 13.2 Å². The number of nitrogens with zero attached hydrogens (tertiary/aromatic N) is 3. The molecule has 2 aromatic carbocycles. The lowest BCUT2D eigenvalue weighted by molar-refractivity contribution is 0.103. The van der Waals surface area contributed by atoms with Gasteiger partial charge in [0.15, 0.2) is 0 Å². The highest BCUT2D eigenvalue weighted by atomic mass is 32.2. The molecule has 1 saturated heterocycles. The van der Waals surface area contributed by atoms with Crippen LogP contribution in [-0.4, -0.2) is 41.3 Å². The van der Waals surface area contributed by atoms with Gasteiger partial charge in [-0.1, -0.05) is 34.8 Å². The molecule has 0 saturated carbocycles. The summed E-state index contributed by atoms with van der Waals surface area (Å²) in [5.74, 6) is 0.194. The van der Waals surface area contributed by atoms with Gasteiger partial charge in [0.05, 0.1) is 10.6 Å². The third kappa shape index (κ3) is 5.00. The molecule has 1 aliphatic rings. The molecule has 3 aromatic rings. The van der Waals surface area contributed by atoms with E-state index in [-0.39, 0.29) is 10.8 Å². The van der Waals surface area contributed by atoms with Gasteiger partial charge in [-0.25, -0.2) is 8.42 Å². The van der Waals surface area contributed by atoms with Crippen LogP contribution in [0.3, 0.4) is 0 Å². The number of carbonyl (C=O) groups is 1. The zero-order valence-electron chi connectivity index (χ0n) is 17.2. The van der Waals surface area contributed by atoms with Crippen molar-refractivity contribution in [2.45, 2.75) is 31.1 Å². The van der Waals surface area contributed by atoms with Crippen LogP contribution in [0.4, 0.5) is 5.69 Å². The fourth-order valence-electron chi connectivity index (χ4n) is 3.79. The van der Waals surface area contributed by atoms with Crippen molar-refractivity contribution >= 4 is 33.2 Å². The molecule has 1 N–H and O–H groups in total. The molecule has 0 bridgehead atoms. The van der Waals surface area contributed by atoms with Crippen LogP contribution in [0.2, 0.25) is 0 Å². The van der Waals surface area contributed by atoms with Gasteiger partial charge in [0, 0.05) is 18.8 Å². The van der Waals surface area contributed by atoms with E-state index in [1.807, 2.05) is 18.2 Å². The van der Waals surface area contributed by atoms with E-state index in [4.69, 9.17) is 0 Å². The van der Waals surface area contributed by atoms with Crippen molar-refractivity contribution in [1.82, 2.24) is 13.9 Å². The van der Waals surface area contributed by atoms with Gasteiger partial charge < -0.3 is 5.32 Å². The zero-order chi connectivity index (χ0) is 21.8. The third-order valence-corrected chi connectivity index (χ3v) is 8.29. The number of hydrogen-bond acceptors (Lipinski definition) is 6. The van der Waals surface area contributed by atoms with Crippen LogP contribution in [0.15, 0.2) is 59.5 Å². The largest absolute Gasteiger partial charge is 0.321 e. The summed E-state index contributed by atoms with van der Waals surface area (Å²) in [4.78, 5) is 13.0. The maximum Gasteiger partial charge on any atom is 0.269 e. The average Bonchev–Trinajstić information content (AvgIpc) is 3.21. The Morgan fingerprint density at radius 1 is 1.10 bits per heavy atom. The summed E-state index contributed by atoms with van der Waals surface area (Å²) in [6, 6.07) is 16.6. The molecule has 4 rings (SSSR count). The Bertz CT molecular complexity index is 1140. The summed E-state index contributed by atoms with van der Waals surface area (Å²) in [5, 5.41) is 6.58. The molecule has 0 radical (unpaired) electrons. The Balaban J connectivity index is 1.36. The minimum absolute atomic E-state index is 0.239. The molecule has 162 valence electrons. The molecule has 1 fully saturated rings. The second-order valence-corrected chi connectivity index (χ2v) is 10.4. The van der Waals surface area contributed by atoms with Gasteiger partial charge in [-0.15, -0.1) is 5.10 Å². The second-order valence-electron chi connectivity index (χ2n) is 7.70. The molecule has 1 aliphatic heterocycles. The summed E-state index contributed by atoms with van der Waals surface area (Å²) in [5.41, 5.74) is 2.39. The lowest BCUT2D eigenvalue weighted by atomic mass is 9.91. The summed E-state index contributed by atoms with van der Waals surface area (Å²) in [6.45, 7) is 2.77. The number of rotatable bonds is 6.